The van der Waals surface area contributed by atoms with Crippen LogP contribution in [0.1, 0.15) is 34.1 Å². The lowest BCUT2D eigenvalue weighted by atomic mass is 10.1. The Morgan fingerprint density at radius 1 is 1.50 bits per heavy atom. The van der Waals surface area contributed by atoms with E-state index in [-0.39, 0.29) is 18.1 Å². The molecule has 0 saturated carbocycles. The summed E-state index contributed by atoms with van der Waals surface area (Å²) in [5.41, 5.74) is 0. The van der Waals surface area contributed by atoms with Gasteiger partial charge in [-0.1, -0.05) is 13.8 Å². The summed E-state index contributed by atoms with van der Waals surface area (Å²) < 4.78 is 5.28. The van der Waals surface area contributed by atoms with Crippen LogP contribution >= 0.6 is 0 Å². The quantitative estimate of drug-likeness (QED) is 0.695. The van der Waals surface area contributed by atoms with Crippen LogP contribution < -0.4 is 5.32 Å². The third-order valence-corrected chi connectivity index (χ3v) is 3.00. The van der Waals surface area contributed by atoms with Crippen molar-refractivity contribution in [3.8, 4) is 0 Å². The number of ether oxygens (including phenoxy) is 1. The van der Waals surface area contributed by atoms with Gasteiger partial charge in [0.25, 0.3) is 0 Å². The number of rotatable bonds is 6. The molecular formula is C12H24N2O2. The lowest BCUT2D eigenvalue weighted by Gasteiger charge is -2.20. The van der Waals surface area contributed by atoms with E-state index in [0.29, 0.717) is 5.92 Å². The summed E-state index contributed by atoms with van der Waals surface area (Å²) in [7, 11) is 0. The molecular weight excluding hydrogens is 204 g/mol. The van der Waals surface area contributed by atoms with Crippen molar-refractivity contribution < 1.29 is 9.53 Å². The van der Waals surface area contributed by atoms with E-state index in [2.05, 4.69) is 19.2 Å². The van der Waals surface area contributed by atoms with Gasteiger partial charge in [0.2, 0.25) is 5.91 Å². The van der Waals surface area contributed by atoms with Crippen molar-refractivity contribution in [1.29, 1.82) is 0 Å². The van der Waals surface area contributed by atoms with Gasteiger partial charge in [-0.25, -0.2) is 0 Å². The molecule has 0 aliphatic carbocycles. The smallest absolute Gasteiger partial charge is 0.241 e. The number of nitrogens with zero attached hydrogens (tertiary/aromatic N) is 1. The molecule has 0 aromatic carbocycles. The van der Waals surface area contributed by atoms with Crippen LogP contribution in [-0.2, 0) is 9.53 Å². The SMILES string of the molecule is CCOCCCN1C(=O)C(C(C)C)NC1C. The Kier molecular flexibility index (Phi) is 5.22. The average molecular weight is 228 g/mol. The van der Waals surface area contributed by atoms with Crippen molar-refractivity contribution >= 4 is 5.91 Å². The van der Waals surface area contributed by atoms with Crippen LogP contribution in [0, 0.1) is 5.92 Å². The number of amides is 1. The van der Waals surface area contributed by atoms with Gasteiger partial charge in [0.1, 0.15) is 0 Å². The second kappa shape index (κ2) is 6.21. The van der Waals surface area contributed by atoms with Crippen molar-refractivity contribution in [3.05, 3.63) is 0 Å². The first-order chi connectivity index (χ1) is 7.57. The zero-order chi connectivity index (χ0) is 12.1. The van der Waals surface area contributed by atoms with Crippen LogP contribution in [-0.4, -0.2) is 42.8 Å². The maximum Gasteiger partial charge on any atom is 0.241 e. The van der Waals surface area contributed by atoms with Gasteiger partial charge >= 0.3 is 0 Å². The molecule has 16 heavy (non-hydrogen) atoms. The molecule has 1 aliphatic heterocycles. The Hall–Kier alpha value is -0.610. The Balaban J connectivity index is 2.39. The highest BCUT2D eigenvalue weighted by atomic mass is 16.5. The Morgan fingerprint density at radius 3 is 2.69 bits per heavy atom. The number of carbonyl (C=O) groups excluding carboxylic acids is 1. The van der Waals surface area contributed by atoms with E-state index in [9.17, 15) is 4.79 Å². The van der Waals surface area contributed by atoms with Crippen LogP contribution in [0.5, 0.6) is 0 Å². The topological polar surface area (TPSA) is 41.6 Å². The molecule has 1 heterocycles. The molecule has 1 amide bonds. The van der Waals surface area contributed by atoms with Gasteiger partial charge in [-0.3, -0.25) is 10.1 Å². The lowest BCUT2D eigenvalue weighted by molar-refractivity contribution is -0.130. The molecule has 1 rings (SSSR count). The second-order valence-corrected chi connectivity index (χ2v) is 4.65. The third-order valence-electron chi connectivity index (χ3n) is 3.00. The van der Waals surface area contributed by atoms with E-state index in [0.717, 1.165) is 26.2 Å². The predicted octanol–water partition coefficient (Wildman–Crippen LogP) is 1.22. The molecule has 1 N–H and O–H groups in total. The van der Waals surface area contributed by atoms with Gasteiger partial charge in [0, 0.05) is 19.8 Å². The Morgan fingerprint density at radius 2 is 2.19 bits per heavy atom. The second-order valence-electron chi connectivity index (χ2n) is 4.65. The number of hydrogen-bond donors (Lipinski definition) is 1. The van der Waals surface area contributed by atoms with Gasteiger partial charge in [-0.15, -0.1) is 0 Å². The van der Waals surface area contributed by atoms with Crippen LogP contribution in [0.2, 0.25) is 0 Å². The van der Waals surface area contributed by atoms with E-state index >= 15 is 0 Å². The minimum atomic E-state index is -0.0120. The Labute approximate surface area is 98.3 Å². The van der Waals surface area contributed by atoms with E-state index < -0.39 is 0 Å². The Bertz CT molecular complexity index is 231. The number of hydrogen-bond acceptors (Lipinski definition) is 3. The van der Waals surface area contributed by atoms with Gasteiger partial charge in [-0.05, 0) is 26.2 Å². The molecule has 1 saturated heterocycles. The average Bonchev–Trinajstić information content (AvgIpc) is 2.51. The molecule has 0 spiro atoms. The normalized spacial score (nSPS) is 25.8. The molecule has 4 nitrogen and oxygen atoms in total. The molecule has 0 bridgehead atoms. The molecule has 94 valence electrons. The van der Waals surface area contributed by atoms with Crippen LogP contribution in [0.3, 0.4) is 0 Å². The standard InChI is InChI=1S/C12H24N2O2/c1-5-16-8-6-7-14-10(4)13-11(9(2)3)12(14)15/h9-11,13H,5-8H2,1-4H3. The fraction of sp³-hybridized carbons (Fsp3) is 0.917. The summed E-state index contributed by atoms with van der Waals surface area (Å²) in [6.07, 6.45) is 1.07. The van der Waals surface area contributed by atoms with E-state index in [4.69, 9.17) is 4.74 Å². The maximum absolute atomic E-state index is 12.0. The van der Waals surface area contributed by atoms with Gasteiger partial charge in [-0.2, -0.15) is 0 Å². The van der Waals surface area contributed by atoms with Crippen molar-refractivity contribution in [2.24, 2.45) is 5.92 Å². The highest BCUT2D eigenvalue weighted by Gasteiger charge is 2.37. The van der Waals surface area contributed by atoms with E-state index in [1.165, 1.54) is 0 Å². The third kappa shape index (κ3) is 3.19. The first-order valence-corrected chi connectivity index (χ1v) is 6.22. The molecule has 2 unspecified atom stereocenters. The lowest BCUT2D eigenvalue weighted by Crippen LogP contribution is -2.35. The van der Waals surface area contributed by atoms with Crippen molar-refractivity contribution in [2.75, 3.05) is 19.8 Å². The largest absolute Gasteiger partial charge is 0.382 e. The van der Waals surface area contributed by atoms with Gasteiger partial charge < -0.3 is 9.64 Å². The van der Waals surface area contributed by atoms with E-state index in [1.807, 2.05) is 18.7 Å². The van der Waals surface area contributed by atoms with E-state index in [1.54, 1.807) is 0 Å². The zero-order valence-electron chi connectivity index (χ0n) is 10.8. The van der Waals surface area contributed by atoms with Crippen molar-refractivity contribution in [1.82, 2.24) is 10.2 Å². The van der Waals surface area contributed by atoms with Crippen molar-refractivity contribution in [2.45, 2.75) is 46.3 Å². The van der Waals surface area contributed by atoms with Gasteiger partial charge in [0.05, 0.1) is 12.2 Å². The van der Waals surface area contributed by atoms with Crippen molar-refractivity contribution in [3.63, 3.8) is 0 Å². The molecule has 0 aromatic rings. The van der Waals surface area contributed by atoms with Crippen LogP contribution in [0.4, 0.5) is 0 Å². The molecule has 0 radical (unpaired) electrons. The molecule has 4 heteroatoms. The first-order valence-electron chi connectivity index (χ1n) is 6.22. The summed E-state index contributed by atoms with van der Waals surface area (Å²) in [4.78, 5) is 14.0. The highest BCUT2D eigenvalue weighted by Crippen LogP contribution is 2.16. The molecule has 1 fully saturated rings. The maximum atomic E-state index is 12.0. The fourth-order valence-electron chi connectivity index (χ4n) is 2.05. The molecule has 1 aliphatic rings. The molecule has 2 atom stereocenters. The molecule has 0 aromatic heterocycles. The fourth-order valence-corrected chi connectivity index (χ4v) is 2.05. The highest BCUT2D eigenvalue weighted by molar-refractivity contribution is 5.84. The van der Waals surface area contributed by atoms with Gasteiger partial charge in [0.15, 0.2) is 0 Å². The van der Waals surface area contributed by atoms with Crippen LogP contribution in [0.15, 0.2) is 0 Å². The summed E-state index contributed by atoms with van der Waals surface area (Å²) in [6, 6.07) is -0.0120. The monoisotopic (exact) mass is 228 g/mol. The summed E-state index contributed by atoms with van der Waals surface area (Å²) >= 11 is 0. The summed E-state index contributed by atoms with van der Waals surface area (Å²) in [6.45, 7) is 10.4. The zero-order valence-corrected chi connectivity index (χ0v) is 10.8. The summed E-state index contributed by atoms with van der Waals surface area (Å²) in [5.74, 6) is 0.589. The summed E-state index contributed by atoms with van der Waals surface area (Å²) in [5, 5.41) is 3.33. The first kappa shape index (κ1) is 13.5. The number of nitrogens with one attached hydrogen (secondary N) is 1. The number of carbonyl (C=O) groups is 1. The predicted molar refractivity (Wildman–Crippen MR) is 64.0 cm³/mol. The minimum absolute atomic E-state index is 0.0120. The minimum Gasteiger partial charge on any atom is -0.382 e. The van der Waals surface area contributed by atoms with Crippen LogP contribution in [0.25, 0.3) is 0 Å².